The summed E-state index contributed by atoms with van der Waals surface area (Å²) >= 11 is 0. The van der Waals surface area contributed by atoms with Crippen LogP contribution < -0.4 is 9.80 Å². The van der Waals surface area contributed by atoms with Crippen LogP contribution in [0.2, 0.25) is 0 Å². The Hall–Kier alpha value is -3.74. The van der Waals surface area contributed by atoms with Gasteiger partial charge in [-0.1, -0.05) is 53.7 Å². The highest BCUT2D eigenvalue weighted by Crippen LogP contribution is 2.29. The average Bonchev–Trinajstić information content (AvgIpc) is 3.31. The first-order valence-corrected chi connectivity index (χ1v) is 9.63. The van der Waals surface area contributed by atoms with E-state index in [1.807, 2.05) is 36.4 Å². The normalized spacial score (nSPS) is 14.2. The lowest BCUT2D eigenvalue weighted by atomic mass is 10.2. The Kier molecular flexibility index (Phi) is 4.62. The molecule has 1 aliphatic heterocycles. The van der Waals surface area contributed by atoms with Crippen molar-refractivity contribution in [1.29, 1.82) is 0 Å². The third-order valence-corrected chi connectivity index (χ3v) is 5.08. The topological polar surface area (TPSA) is 71.2 Å². The second-order valence-electron chi connectivity index (χ2n) is 6.86. The minimum absolute atomic E-state index is 0.435. The van der Waals surface area contributed by atoms with E-state index in [1.165, 1.54) is 5.69 Å². The predicted octanol–water partition coefficient (Wildman–Crippen LogP) is 3.52. The van der Waals surface area contributed by atoms with E-state index in [4.69, 9.17) is 4.52 Å². The van der Waals surface area contributed by atoms with Gasteiger partial charge in [0, 0.05) is 43.6 Å². The van der Waals surface area contributed by atoms with E-state index < -0.39 is 0 Å². The van der Waals surface area contributed by atoms with E-state index in [-0.39, 0.29) is 0 Å². The summed E-state index contributed by atoms with van der Waals surface area (Å²) in [5.74, 6) is 1.82. The molecule has 1 fully saturated rings. The minimum atomic E-state index is 0.435. The molecule has 0 N–H and O–H groups in total. The molecule has 0 radical (unpaired) electrons. The van der Waals surface area contributed by atoms with Crippen LogP contribution in [0.4, 0.5) is 11.5 Å². The number of rotatable bonds is 4. The Morgan fingerprint density at radius 1 is 0.793 bits per heavy atom. The van der Waals surface area contributed by atoms with Crippen LogP contribution in [0.3, 0.4) is 0 Å². The summed E-state index contributed by atoms with van der Waals surface area (Å²) in [6.07, 6.45) is 3.31. The Morgan fingerprint density at radius 3 is 2.24 bits per heavy atom. The molecule has 1 aliphatic rings. The van der Waals surface area contributed by atoms with Crippen LogP contribution in [0.1, 0.15) is 0 Å². The van der Waals surface area contributed by atoms with Gasteiger partial charge in [-0.25, -0.2) is 9.97 Å². The van der Waals surface area contributed by atoms with Crippen molar-refractivity contribution in [2.75, 3.05) is 36.0 Å². The Morgan fingerprint density at radius 2 is 1.48 bits per heavy atom. The van der Waals surface area contributed by atoms with Crippen LogP contribution in [0.25, 0.3) is 22.8 Å². The molecule has 7 nitrogen and oxygen atoms in total. The van der Waals surface area contributed by atoms with E-state index in [0.29, 0.717) is 11.7 Å². The number of hydrogen-bond acceptors (Lipinski definition) is 7. The first kappa shape index (κ1) is 17.4. The smallest absolute Gasteiger partial charge is 0.263 e. The molecule has 0 aliphatic carbocycles. The van der Waals surface area contributed by atoms with Gasteiger partial charge in [-0.15, -0.1) is 0 Å². The van der Waals surface area contributed by atoms with Crippen molar-refractivity contribution >= 4 is 11.5 Å². The van der Waals surface area contributed by atoms with Gasteiger partial charge in [-0.2, -0.15) is 4.98 Å². The molecule has 1 saturated heterocycles. The number of anilines is 2. The number of piperazine rings is 1. The van der Waals surface area contributed by atoms with Gasteiger partial charge in [0.1, 0.15) is 17.7 Å². The first-order valence-electron chi connectivity index (χ1n) is 9.63. The Bertz CT molecular complexity index is 1070. The van der Waals surface area contributed by atoms with E-state index >= 15 is 0 Å². The molecule has 0 unspecified atom stereocenters. The summed E-state index contributed by atoms with van der Waals surface area (Å²) in [4.78, 5) is 17.9. The molecule has 0 bridgehead atoms. The maximum atomic E-state index is 5.55. The van der Waals surface area contributed by atoms with Crippen LogP contribution in [0.15, 0.2) is 77.7 Å². The first-order chi connectivity index (χ1) is 14.4. The number of para-hydroxylation sites is 1. The predicted molar refractivity (Wildman–Crippen MR) is 112 cm³/mol. The lowest BCUT2D eigenvalue weighted by molar-refractivity contribution is 0.432. The monoisotopic (exact) mass is 384 g/mol. The zero-order chi connectivity index (χ0) is 19.5. The van der Waals surface area contributed by atoms with Gasteiger partial charge in [0.15, 0.2) is 0 Å². The number of hydrogen-bond donors (Lipinski definition) is 0. The summed E-state index contributed by atoms with van der Waals surface area (Å²) in [5, 5.41) is 4.13. The molecule has 0 amide bonds. The molecule has 2 aromatic carbocycles. The van der Waals surface area contributed by atoms with Crippen molar-refractivity contribution in [3.05, 3.63) is 73.2 Å². The van der Waals surface area contributed by atoms with Crippen molar-refractivity contribution in [3.63, 3.8) is 0 Å². The lowest BCUT2D eigenvalue weighted by Gasteiger charge is -2.37. The van der Waals surface area contributed by atoms with Crippen LogP contribution in [0, 0.1) is 0 Å². The van der Waals surface area contributed by atoms with Crippen molar-refractivity contribution in [1.82, 2.24) is 20.1 Å². The molecule has 29 heavy (non-hydrogen) atoms. The highest BCUT2D eigenvalue weighted by molar-refractivity contribution is 5.70. The second kappa shape index (κ2) is 7.71. The van der Waals surface area contributed by atoms with Crippen LogP contribution in [-0.4, -0.2) is 46.3 Å². The summed E-state index contributed by atoms with van der Waals surface area (Å²) in [6, 6.07) is 20.3. The van der Waals surface area contributed by atoms with Gasteiger partial charge in [0.2, 0.25) is 5.82 Å². The summed E-state index contributed by atoms with van der Waals surface area (Å²) in [7, 11) is 0. The zero-order valence-electron chi connectivity index (χ0n) is 15.8. The SMILES string of the molecule is c1ccc(-c2noc(-c3cncnc3N3CCN(c4ccccc4)CC3)n2)cc1. The van der Waals surface area contributed by atoms with Gasteiger partial charge in [-0.05, 0) is 12.1 Å². The quantitative estimate of drug-likeness (QED) is 0.533. The van der Waals surface area contributed by atoms with Crippen molar-refractivity contribution < 1.29 is 4.52 Å². The third kappa shape index (κ3) is 3.54. The second-order valence-corrected chi connectivity index (χ2v) is 6.86. The summed E-state index contributed by atoms with van der Waals surface area (Å²) < 4.78 is 5.55. The molecule has 3 heterocycles. The number of aromatic nitrogens is 4. The number of nitrogens with zero attached hydrogens (tertiary/aromatic N) is 6. The van der Waals surface area contributed by atoms with E-state index in [9.17, 15) is 0 Å². The average molecular weight is 384 g/mol. The van der Waals surface area contributed by atoms with Gasteiger partial charge < -0.3 is 14.3 Å². The number of benzene rings is 2. The van der Waals surface area contributed by atoms with Crippen LogP contribution in [0.5, 0.6) is 0 Å². The van der Waals surface area contributed by atoms with Gasteiger partial charge in [0.05, 0.1) is 0 Å². The molecule has 0 spiro atoms. The standard InChI is InChI=1S/C22H20N6O/c1-3-7-17(8-4-1)20-25-22(29-26-20)19-15-23-16-24-21(19)28-13-11-27(12-14-28)18-9-5-2-6-10-18/h1-10,15-16H,11-14H2. The third-order valence-electron chi connectivity index (χ3n) is 5.08. The van der Waals surface area contributed by atoms with E-state index in [2.05, 4.69) is 54.2 Å². The van der Waals surface area contributed by atoms with Gasteiger partial charge >= 0.3 is 0 Å². The molecule has 4 aromatic rings. The highest BCUT2D eigenvalue weighted by Gasteiger charge is 2.23. The summed E-state index contributed by atoms with van der Waals surface area (Å²) in [6.45, 7) is 3.57. The Labute approximate surface area is 168 Å². The van der Waals surface area contributed by atoms with Crippen molar-refractivity contribution in [3.8, 4) is 22.8 Å². The van der Waals surface area contributed by atoms with Gasteiger partial charge in [-0.3, -0.25) is 0 Å². The maximum absolute atomic E-state index is 5.55. The Balaban J connectivity index is 1.38. The zero-order valence-corrected chi connectivity index (χ0v) is 15.8. The van der Waals surface area contributed by atoms with E-state index in [0.717, 1.165) is 43.1 Å². The molecular formula is C22H20N6O. The molecular weight excluding hydrogens is 364 g/mol. The lowest BCUT2D eigenvalue weighted by Crippen LogP contribution is -2.47. The van der Waals surface area contributed by atoms with Crippen LogP contribution in [-0.2, 0) is 0 Å². The molecule has 0 atom stereocenters. The molecule has 5 rings (SSSR count). The maximum Gasteiger partial charge on any atom is 0.263 e. The fourth-order valence-electron chi connectivity index (χ4n) is 3.58. The fraction of sp³-hybridized carbons (Fsp3) is 0.182. The minimum Gasteiger partial charge on any atom is -0.368 e. The van der Waals surface area contributed by atoms with Crippen molar-refractivity contribution in [2.24, 2.45) is 0 Å². The molecule has 144 valence electrons. The molecule has 7 heteroatoms. The van der Waals surface area contributed by atoms with Crippen molar-refractivity contribution in [2.45, 2.75) is 0 Å². The van der Waals surface area contributed by atoms with E-state index in [1.54, 1.807) is 12.5 Å². The van der Waals surface area contributed by atoms with Gasteiger partial charge in [0.25, 0.3) is 5.89 Å². The fourth-order valence-corrected chi connectivity index (χ4v) is 3.58. The molecule has 2 aromatic heterocycles. The highest BCUT2D eigenvalue weighted by atomic mass is 16.5. The summed E-state index contributed by atoms with van der Waals surface area (Å²) in [5.41, 5.74) is 2.92. The molecule has 0 saturated carbocycles. The largest absolute Gasteiger partial charge is 0.368 e. The van der Waals surface area contributed by atoms with Crippen LogP contribution >= 0.6 is 0 Å².